The van der Waals surface area contributed by atoms with Crippen molar-refractivity contribution in [2.45, 2.75) is 38.5 Å². The van der Waals surface area contributed by atoms with E-state index in [1.54, 1.807) is 4.68 Å². The monoisotopic (exact) mass is 357 g/mol. The van der Waals surface area contributed by atoms with E-state index < -0.39 is 0 Å². The number of thioether (sulfide) groups is 1. The summed E-state index contributed by atoms with van der Waals surface area (Å²) in [4.78, 5) is 15.2. The van der Waals surface area contributed by atoms with Crippen LogP contribution in [0.2, 0.25) is 0 Å². The number of carbonyl (C=O) groups excluding carboxylic acids is 1. The van der Waals surface area contributed by atoms with Crippen LogP contribution in [0.4, 0.5) is 0 Å². The van der Waals surface area contributed by atoms with Gasteiger partial charge < -0.3 is 0 Å². The molecule has 0 aliphatic carbocycles. The van der Waals surface area contributed by atoms with E-state index in [9.17, 15) is 4.79 Å². The first-order chi connectivity index (χ1) is 12.0. The van der Waals surface area contributed by atoms with Gasteiger partial charge in [-0.2, -0.15) is 16.9 Å². The summed E-state index contributed by atoms with van der Waals surface area (Å²) < 4.78 is 1.80. The molecular formula is C20H27N3OS. The fourth-order valence-electron chi connectivity index (χ4n) is 3.71. The number of ketones is 1. The molecule has 2 aromatic rings. The number of carbonyl (C=O) groups is 1. The highest BCUT2D eigenvalue weighted by Gasteiger charge is 2.30. The number of rotatable bonds is 5. The molecule has 2 heterocycles. The molecule has 1 saturated heterocycles. The predicted molar refractivity (Wildman–Crippen MR) is 104 cm³/mol. The molecule has 134 valence electrons. The summed E-state index contributed by atoms with van der Waals surface area (Å²) in [5, 5.41) is 4.85. The SMILES string of the molecule is Cc1nn(C)c(C)c1C(=O)CCN1CCSC(c2ccccc2)C1C. The van der Waals surface area contributed by atoms with Crippen LogP contribution in [-0.2, 0) is 7.05 Å². The minimum absolute atomic E-state index is 0.213. The number of aryl methyl sites for hydroxylation is 2. The second-order valence-corrected chi connectivity index (χ2v) is 8.07. The van der Waals surface area contributed by atoms with E-state index in [1.807, 2.05) is 32.7 Å². The minimum atomic E-state index is 0.213. The summed E-state index contributed by atoms with van der Waals surface area (Å²) in [5.41, 5.74) is 4.00. The fourth-order valence-corrected chi connectivity index (χ4v) is 5.11. The van der Waals surface area contributed by atoms with Crippen LogP contribution in [0.3, 0.4) is 0 Å². The van der Waals surface area contributed by atoms with Crippen molar-refractivity contribution in [1.82, 2.24) is 14.7 Å². The summed E-state index contributed by atoms with van der Waals surface area (Å²) in [7, 11) is 1.90. The second kappa shape index (κ2) is 7.75. The Hall–Kier alpha value is -1.59. The molecule has 3 rings (SSSR count). The maximum absolute atomic E-state index is 12.7. The molecule has 0 N–H and O–H groups in total. The third-order valence-corrected chi connectivity index (χ3v) is 6.68. The smallest absolute Gasteiger partial charge is 0.167 e. The van der Waals surface area contributed by atoms with Crippen molar-refractivity contribution >= 4 is 17.5 Å². The van der Waals surface area contributed by atoms with Crippen LogP contribution < -0.4 is 0 Å². The first-order valence-corrected chi connectivity index (χ1v) is 9.98. The van der Waals surface area contributed by atoms with Gasteiger partial charge in [-0.3, -0.25) is 14.4 Å². The van der Waals surface area contributed by atoms with E-state index in [4.69, 9.17) is 0 Å². The van der Waals surface area contributed by atoms with Gasteiger partial charge in [0.05, 0.1) is 11.3 Å². The zero-order valence-electron chi connectivity index (χ0n) is 15.5. The third-order valence-electron chi connectivity index (χ3n) is 5.23. The minimum Gasteiger partial charge on any atom is -0.298 e. The van der Waals surface area contributed by atoms with Crippen LogP contribution in [0.5, 0.6) is 0 Å². The van der Waals surface area contributed by atoms with Crippen LogP contribution in [0.1, 0.15) is 45.9 Å². The second-order valence-electron chi connectivity index (χ2n) is 6.82. The number of benzene rings is 1. The van der Waals surface area contributed by atoms with Crippen LogP contribution in [0, 0.1) is 13.8 Å². The summed E-state index contributed by atoms with van der Waals surface area (Å²) in [6.07, 6.45) is 0.559. The van der Waals surface area contributed by atoms with E-state index in [2.05, 4.69) is 47.3 Å². The quantitative estimate of drug-likeness (QED) is 0.763. The highest BCUT2D eigenvalue weighted by Crippen LogP contribution is 2.38. The maximum atomic E-state index is 12.7. The lowest BCUT2D eigenvalue weighted by Crippen LogP contribution is -2.43. The first kappa shape index (κ1) is 18.2. The Morgan fingerprint density at radius 3 is 2.64 bits per heavy atom. The topological polar surface area (TPSA) is 38.1 Å². The Kier molecular flexibility index (Phi) is 5.64. The first-order valence-electron chi connectivity index (χ1n) is 8.93. The standard InChI is InChI=1S/C20H27N3OS/c1-14-19(15(2)22(4)21-14)18(24)10-11-23-12-13-25-20(16(23)3)17-8-6-5-7-9-17/h5-9,16,20H,10-13H2,1-4H3. The molecule has 5 heteroatoms. The molecule has 2 unspecified atom stereocenters. The van der Waals surface area contributed by atoms with Gasteiger partial charge in [0.2, 0.25) is 0 Å². The molecule has 1 aromatic heterocycles. The Bertz CT molecular complexity index is 741. The lowest BCUT2D eigenvalue weighted by atomic mass is 10.0. The average molecular weight is 358 g/mol. The molecule has 0 bridgehead atoms. The van der Waals surface area contributed by atoms with Gasteiger partial charge in [0.1, 0.15) is 0 Å². The molecule has 0 radical (unpaired) electrons. The maximum Gasteiger partial charge on any atom is 0.167 e. The summed E-state index contributed by atoms with van der Waals surface area (Å²) in [6, 6.07) is 11.1. The highest BCUT2D eigenvalue weighted by atomic mass is 32.2. The zero-order valence-corrected chi connectivity index (χ0v) is 16.3. The summed E-state index contributed by atoms with van der Waals surface area (Å²) in [6.45, 7) is 8.05. The van der Waals surface area contributed by atoms with Gasteiger partial charge in [0.25, 0.3) is 0 Å². The summed E-state index contributed by atoms with van der Waals surface area (Å²) >= 11 is 2.03. The molecule has 0 amide bonds. The molecule has 0 saturated carbocycles. The van der Waals surface area contributed by atoms with Gasteiger partial charge in [0.15, 0.2) is 5.78 Å². The van der Waals surface area contributed by atoms with Crippen LogP contribution >= 0.6 is 11.8 Å². The van der Waals surface area contributed by atoms with Crippen molar-refractivity contribution in [3.05, 3.63) is 52.8 Å². The molecule has 1 aliphatic rings. The normalized spacial score (nSPS) is 21.4. The largest absolute Gasteiger partial charge is 0.298 e. The fraction of sp³-hybridized carbons (Fsp3) is 0.500. The Morgan fingerprint density at radius 1 is 1.28 bits per heavy atom. The van der Waals surface area contributed by atoms with Gasteiger partial charge in [-0.15, -0.1) is 0 Å². The molecule has 1 aliphatic heterocycles. The van der Waals surface area contributed by atoms with E-state index in [0.29, 0.717) is 17.7 Å². The van der Waals surface area contributed by atoms with Crippen molar-refractivity contribution in [2.75, 3.05) is 18.8 Å². The van der Waals surface area contributed by atoms with Crippen LogP contribution in [0.15, 0.2) is 30.3 Å². The number of Topliss-reactive ketones (excluding diaryl/α,β-unsaturated/α-hetero) is 1. The lowest BCUT2D eigenvalue weighted by molar-refractivity contribution is 0.0952. The van der Waals surface area contributed by atoms with Crippen LogP contribution in [-0.4, -0.2) is 45.3 Å². The molecule has 4 nitrogen and oxygen atoms in total. The highest BCUT2D eigenvalue weighted by molar-refractivity contribution is 7.99. The van der Waals surface area contributed by atoms with Crippen molar-refractivity contribution in [2.24, 2.45) is 7.05 Å². The molecule has 1 aromatic carbocycles. The average Bonchev–Trinajstić information content (AvgIpc) is 2.87. The van der Waals surface area contributed by atoms with Gasteiger partial charge in [-0.1, -0.05) is 30.3 Å². The van der Waals surface area contributed by atoms with E-state index in [0.717, 1.165) is 35.8 Å². The third kappa shape index (κ3) is 3.82. The van der Waals surface area contributed by atoms with E-state index in [-0.39, 0.29) is 5.78 Å². The number of hydrogen-bond donors (Lipinski definition) is 0. The van der Waals surface area contributed by atoms with Gasteiger partial charge in [-0.05, 0) is 26.3 Å². The summed E-state index contributed by atoms with van der Waals surface area (Å²) in [5.74, 6) is 1.33. The molecule has 0 spiro atoms. The van der Waals surface area contributed by atoms with E-state index >= 15 is 0 Å². The lowest BCUT2D eigenvalue weighted by Gasteiger charge is -2.39. The molecule has 1 fully saturated rings. The Balaban J connectivity index is 1.65. The number of hydrogen-bond acceptors (Lipinski definition) is 4. The Labute approximate surface area is 154 Å². The van der Waals surface area contributed by atoms with Gasteiger partial charge >= 0.3 is 0 Å². The number of aromatic nitrogens is 2. The molecular weight excluding hydrogens is 330 g/mol. The van der Waals surface area contributed by atoms with Crippen molar-refractivity contribution < 1.29 is 4.79 Å². The van der Waals surface area contributed by atoms with Crippen molar-refractivity contribution in [1.29, 1.82) is 0 Å². The Morgan fingerprint density at radius 2 is 2.00 bits per heavy atom. The van der Waals surface area contributed by atoms with Crippen molar-refractivity contribution in [3.8, 4) is 0 Å². The zero-order chi connectivity index (χ0) is 18.0. The molecule has 2 atom stereocenters. The van der Waals surface area contributed by atoms with Gasteiger partial charge in [0, 0.05) is 49.3 Å². The van der Waals surface area contributed by atoms with Crippen molar-refractivity contribution in [3.63, 3.8) is 0 Å². The van der Waals surface area contributed by atoms with Gasteiger partial charge in [-0.25, -0.2) is 0 Å². The molecule has 25 heavy (non-hydrogen) atoms. The predicted octanol–water partition coefficient (Wildman–Crippen LogP) is 3.79. The van der Waals surface area contributed by atoms with Crippen LogP contribution in [0.25, 0.3) is 0 Å². The van der Waals surface area contributed by atoms with E-state index in [1.165, 1.54) is 5.56 Å². The number of nitrogens with zero attached hydrogens (tertiary/aromatic N) is 3.